The Balaban J connectivity index is 1.46. The van der Waals surface area contributed by atoms with Crippen molar-refractivity contribution in [2.24, 2.45) is 0 Å². The van der Waals surface area contributed by atoms with Gasteiger partial charge in [0, 0.05) is 11.3 Å². The average molecular weight is 485 g/mol. The molecule has 6 nitrogen and oxygen atoms in total. The first-order valence-electron chi connectivity index (χ1n) is 11.2. The number of benzene rings is 3. The number of methoxy groups -OCH3 is 1. The highest BCUT2D eigenvalue weighted by Gasteiger charge is 2.20. The van der Waals surface area contributed by atoms with Crippen LogP contribution in [0.15, 0.2) is 78.9 Å². The molecule has 2 heterocycles. The zero-order valence-corrected chi connectivity index (χ0v) is 19.5. The number of carbonyl (C=O) groups excluding carboxylic acids is 1. The van der Waals surface area contributed by atoms with Gasteiger partial charge in [-0.2, -0.15) is 5.10 Å². The second kappa shape index (κ2) is 9.58. The van der Waals surface area contributed by atoms with E-state index in [4.69, 9.17) is 9.47 Å². The smallest absolute Gasteiger partial charge is 0.338 e. The van der Waals surface area contributed by atoms with E-state index in [-0.39, 0.29) is 11.6 Å². The normalized spacial score (nSPS) is 11.0. The summed E-state index contributed by atoms with van der Waals surface area (Å²) in [6.45, 7) is 2.30. The van der Waals surface area contributed by atoms with E-state index >= 15 is 0 Å². The second-order valence-corrected chi connectivity index (χ2v) is 8.20. The molecular weight excluding hydrogens is 464 g/mol. The number of esters is 1. The standard InChI is InChI=1S/C28H21F2N3O3/c1-17-26-24(28(34)35-2)15-25(19-5-7-20(29)8-6-19)31-27(26)32-33(17)16-18-3-11-22(12-4-18)36-23-13-9-21(30)10-14-23/h3-15H,16H2,1-2H3. The number of hydrogen-bond acceptors (Lipinski definition) is 5. The Labute approximate surface area is 205 Å². The van der Waals surface area contributed by atoms with Crippen molar-refractivity contribution in [2.75, 3.05) is 7.11 Å². The van der Waals surface area contributed by atoms with Crippen LogP contribution in [0, 0.1) is 18.6 Å². The van der Waals surface area contributed by atoms with E-state index in [1.54, 1.807) is 35.0 Å². The molecule has 0 radical (unpaired) electrons. The van der Waals surface area contributed by atoms with Crippen molar-refractivity contribution in [3.05, 3.63) is 107 Å². The van der Waals surface area contributed by atoms with Gasteiger partial charge in [-0.3, -0.25) is 4.68 Å². The molecule has 0 aliphatic rings. The fourth-order valence-electron chi connectivity index (χ4n) is 3.95. The van der Waals surface area contributed by atoms with Gasteiger partial charge in [-0.05, 0) is 79.2 Å². The third-order valence-corrected chi connectivity index (χ3v) is 5.82. The predicted octanol–water partition coefficient (Wildman–Crippen LogP) is 6.31. The highest BCUT2D eigenvalue weighted by atomic mass is 19.1. The van der Waals surface area contributed by atoms with Crippen LogP contribution in [0.2, 0.25) is 0 Å². The van der Waals surface area contributed by atoms with Crippen molar-refractivity contribution in [1.82, 2.24) is 14.8 Å². The molecule has 0 bridgehead atoms. The zero-order chi connectivity index (χ0) is 25.2. The minimum absolute atomic E-state index is 0.325. The molecule has 0 spiro atoms. The first-order valence-corrected chi connectivity index (χ1v) is 11.2. The Bertz CT molecular complexity index is 1550. The molecule has 8 heteroatoms. The van der Waals surface area contributed by atoms with Crippen molar-refractivity contribution in [3.8, 4) is 22.8 Å². The zero-order valence-electron chi connectivity index (χ0n) is 19.5. The van der Waals surface area contributed by atoms with Crippen molar-refractivity contribution >= 4 is 17.0 Å². The van der Waals surface area contributed by atoms with E-state index < -0.39 is 5.97 Å². The summed E-state index contributed by atoms with van der Waals surface area (Å²) in [6.07, 6.45) is 0. The van der Waals surface area contributed by atoms with Crippen LogP contribution < -0.4 is 4.74 Å². The van der Waals surface area contributed by atoms with Gasteiger partial charge in [-0.25, -0.2) is 18.6 Å². The molecule has 0 saturated carbocycles. The second-order valence-electron chi connectivity index (χ2n) is 8.20. The number of pyridine rings is 1. The minimum atomic E-state index is -0.504. The van der Waals surface area contributed by atoms with E-state index in [1.165, 1.54) is 31.4 Å². The van der Waals surface area contributed by atoms with Crippen molar-refractivity contribution in [2.45, 2.75) is 13.5 Å². The molecule has 2 aromatic heterocycles. The van der Waals surface area contributed by atoms with Gasteiger partial charge >= 0.3 is 5.97 Å². The molecule has 0 amide bonds. The quantitative estimate of drug-likeness (QED) is 0.264. The highest BCUT2D eigenvalue weighted by molar-refractivity contribution is 6.04. The lowest BCUT2D eigenvalue weighted by atomic mass is 10.1. The third-order valence-electron chi connectivity index (χ3n) is 5.82. The van der Waals surface area contributed by atoms with Gasteiger partial charge in [0.25, 0.3) is 0 Å². The van der Waals surface area contributed by atoms with Crippen molar-refractivity contribution in [1.29, 1.82) is 0 Å². The monoisotopic (exact) mass is 485 g/mol. The van der Waals surface area contributed by atoms with Crippen LogP contribution in [-0.2, 0) is 11.3 Å². The van der Waals surface area contributed by atoms with Gasteiger partial charge in [0.2, 0.25) is 0 Å². The SMILES string of the molecule is COC(=O)c1cc(-c2ccc(F)cc2)nc2nn(Cc3ccc(Oc4ccc(F)cc4)cc3)c(C)c12. The molecule has 0 aliphatic carbocycles. The number of nitrogens with zero attached hydrogens (tertiary/aromatic N) is 3. The summed E-state index contributed by atoms with van der Waals surface area (Å²) >= 11 is 0. The lowest BCUT2D eigenvalue weighted by molar-refractivity contribution is 0.0603. The molecule has 5 rings (SSSR count). The lowest BCUT2D eigenvalue weighted by Crippen LogP contribution is -2.05. The van der Waals surface area contributed by atoms with E-state index in [0.29, 0.717) is 45.9 Å². The maximum atomic E-state index is 13.4. The fraction of sp³-hybridized carbons (Fsp3) is 0.107. The number of ether oxygens (including phenoxy) is 2. The summed E-state index contributed by atoms with van der Waals surface area (Å²) < 4.78 is 39.0. The van der Waals surface area contributed by atoms with Gasteiger partial charge in [0.15, 0.2) is 5.65 Å². The van der Waals surface area contributed by atoms with Crippen LogP contribution in [0.5, 0.6) is 11.5 Å². The van der Waals surface area contributed by atoms with E-state index in [0.717, 1.165) is 11.3 Å². The maximum absolute atomic E-state index is 13.4. The van der Waals surface area contributed by atoms with Crippen LogP contribution in [0.25, 0.3) is 22.3 Å². The van der Waals surface area contributed by atoms with Gasteiger partial charge in [-0.15, -0.1) is 0 Å². The molecular formula is C28H21F2N3O3. The molecule has 5 aromatic rings. The summed E-state index contributed by atoms with van der Waals surface area (Å²) in [7, 11) is 1.32. The summed E-state index contributed by atoms with van der Waals surface area (Å²) in [6, 6.07) is 20.8. The predicted molar refractivity (Wildman–Crippen MR) is 131 cm³/mol. The van der Waals surface area contributed by atoms with Gasteiger partial charge in [0.05, 0.1) is 30.3 Å². The van der Waals surface area contributed by atoms with Crippen molar-refractivity contribution in [3.63, 3.8) is 0 Å². The number of halogens is 2. The number of carbonyl (C=O) groups is 1. The Kier molecular flexibility index (Phi) is 6.16. The fourth-order valence-corrected chi connectivity index (χ4v) is 3.95. The molecule has 3 aromatic carbocycles. The maximum Gasteiger partial charge on any atom is 0.338 e. The summed E-state index contributed by atoms with van der Waals surface area (Å²) in [5.41, 5.74) is 3.60. The van der Waals surface area contributed by atoms with Crippen LogP contribution in [0.1, 0.15) is 21.6 Å². The minimum Gasteiger partial charge on any atom is -0.465 e. The van der Waals surface area contributed by atoms with E-state index in [9.17, 15) is 13.6 Å². The van der Waals surface area contributed by atoms with Crippen LogP contribution >= 0.6 is 0 Å². The molecule has 0 atom stereocenters. The number of fused-ring (bicyclic) bond motifs is 1. The van der Waals surface area contributed by atoms with Gasteiger partial charge < -0.3 is 9.47 Å². The number of aryl methyl sites for hydroxylation is 1. The van der Waals surface area contributed by atoms with Gasteiger partial charge in [-0.1, -0.05) is 12.1 Å². The lowest BCUT2D eigenvalue weighted by Gasteiger charge is -2.08. The Morgan fingerprint density at radius 2 is 1.47 bits per heavy atom. The molecule has 0 aliphatic heterocycles. The van der Waals surface area contributed by atoms with E-state index in [1.807, 2.05) is 31.2 Å². The van der Waals surface area contributed by atoms with Crippen molar-refractivity contribution < 1.29 is 23.0 Å². The molecule has 0 fully saturated rings. The molecule has 0 N–H and O–H groups in total. The molecule has 180 valence electrons. The largest absolute Gasteiger partial charge is 0.465 e. The number of hydrogen-bond donors (Lipinski definition) is 0. The molecule has 0 unspecified atom stereocenters. The Hall–Kier alpha value is -4.59. The topological polar surface area (TPSA) is 66.2 Å². The molecule has 0 saturated heterocycles. The third kappa shape index (κ3) is 4.65. The Morgan fingerprint density at radius 3 is 2.08 bits per heavy atom. The summed E-state index contributed by atoms with van der Waals surface area (Å²) in [5, 5.41) is 5.24. The van der Waals surface area contributed by atoms with E-state index in [2.05, 4.69) is 10.1 Å². The highest BCUT2D eigenvalue weighted by Crippen LogP contribution is 2.28. The number of rotatable bonds is 6. The Morgan fingerprint density at radius 1 is 0.889 bits per heavy atom. The first kappa shape index (κ1) is 23.2. The van der Waals surface area contributed by atoms with Crippen LogP contribution in [-0.4, -0.2) is 27.8 Å². The first-order chi connectivity index (χ1) is 17.4. The number of aromatic nitrogens is 3. The summed E-state index contributed by atoms with van der Waals surface area (Å²) in [5.74, 6) is -0.0322. The van der Waals surface area contributed by atoms with Gasteiger partial charge in [0.1, 0.15) is 23.1 Å². The molecule has 36 heavy (non-hydrogen) atoms. The van der Waals surface area contributed by atoms with Crippen LogP contribution in [0.3, 0.4) is 0 Å². The summed E-state index contributed by atoms with van der Waals surface area (Å²) in [4.78, 5) is 17.2. The van der Waals surface area contributed by atoms with Crippen LogP contribution in [0.4, 0.5) is 8.78 Å². The average Bonchev–Trinajstić information content (AvgIpc) is 3.20.